The number of anilines is 1. The van der Waals surface area contributed by atoms with Crippen molar-refractivity contribution in [2.75, 3.05) is 10.5 Å². The minimum atomic E-state index is -3.27. The molecule has 0 aliphatic rings. The minimum Gasteiger partial charge on any atom is -0.280 e. The second-order valence-electron chi connectivity index (χ2n) is 4.97. The third-order valence-corrected chi connectivity index (χ3v) is 3.74. The number of aromatic nitrogens is 2. The molecule has 0 aliphatic carbocycles. The molecular weight excluding hydrogens is 238 g/mol. The van der Waals surface area contributed by atoms with Crippen LogP contribution in [0.15, 0.2) is 6.07 Å². The molecule has 0 atom stereocenters. The van der Waals surface area contributed by atoms with Crippen molar-refractivity contribution in [2.45, 2.75) is 40.0 Å². The monoisotopic (exact) mass is 259 g/mol. The van der Waals surface area contributed by atoms with Gasteiger partial charge in [-0.1, -0.05) is 27.7 Å². The molecule has 0 saturated heterocycles. The molecule has 1 aromatic heterocycles. The van der Waals surface area contributed by atoms with Gasteiger partial charge in [0.15, 0.2) is 5.82 Å². The maximum atomic E-state index is 11.7. The first-order valence-corrected chi connectivity index (χ1v) is 7.51. The zero-order valence-electron chi connectivity index (χ0n) is 10.8. The Morgan fingerprint density at radius 2 is 2.00 bits per heavy atom. The van der Waals surface area contributed by atoms with Gasteiger partial charge >= 0.3 is 0 Å². The number of nitrogens with one attached hydrogen (secondary N) is 2. The number of nitrogens with zero attached hydrogens (tertiary/aromatic N) is 1. The quantitative estimate of drug-likeness (QED) is 0.823. The SMILES string of the molecule is CC(C)CCS(=O)(=O)Nc1cc(C(C)C)[nH]n1. The average Bonchev–Trinajstić information content (AvgIpc) is 2.63. The molecule has 0 fully saturated rings. The zero-order valence-corrected chi connectivity index (χ0v) is 11.6. The van der Waals surface area contributed by atoms with E-state index in [1.54, 1.807) is 6.07 Å². The predicted octanol–water partition coefficient (Wildman–Crippen LogP) is 2.32. The van der Waals surface area contributed by atoms with Gasteiger partial charge in [-0.2, -0.15) is 5.10 Å². The van der Waals surface area contributed by atoms with Crippen LogP contribution in [0.2, 0.25) is 0 Å². The van der Waals surface area contributed by atoms with Gasteiger partial charge in [-0.15, -0.1) is 0 Å². The fourth-order valence-electron chi connectivity index (χ4n) is 1.29. The van der Waals surface area contributed by atoms with E-state index in [4.69, 9.17) is 0 Å². The van der Waals surface area contributed by atoms with Gasteiger partial charge in [-0.25, -0.2) is 8.42 Å². The fourth-order valence-corrected chi connectivity index (χ4v) is 2.59. The van der Waals surface area contributed by atoms with Crippen LogP contribution in [0, 0.1) is 5.92 Å². The summed E-state index contributed by atoms with van der Waals surface area (Å²) in [5.41, 5.74) is 0.923. The molecule has 1 aromatic rings. The third kappa shape index (κ3) is 4.77. The van der Waals surface area contributed by atoms with Crippen LogP contribution in [0.5, 0.6) is 0 Å². The number of hydrogen-bond donors (Lipinski definition) is 2. The molecule has 2 N–H and O–H groups in total. The van der Waals surface area contributed by atoms with E-state index >= 15 is 0 Å². The third-order valence-electron chi connectivity index (χ3n) is 2.44. The number of H-pyrrole nitrogens is 1. The highest BCUT2D eigenvalue weighted by molar-refractivity contribution is 7.92. The first-order valence-electron chi connectivity index (χ1n) is 5.86. The largest absolute Gasteiger partial charge is 0.280 e. The van der Waals surface area contributed by atoms with Crippen LogP contribution < -0.4 is 4.72 Å². The summed E-state index contributed by atoms with van der Waals surface area (Å²) in [5, 5.41) is 6.75. The van der Waals surface area contributed by atoms with Crippen molar-refractivity contribution in [1.29, 1.82) is 0 Å². The van der Waals surface area contributed by atoms with Crippen molar-refractivity contribution in [3.8, 4) is 0 Å². The van der Waals surface area contributed by atoms with E-state index in [1.165, 1.54) is 0 Å². The van der Waals surface area contributed by atoms with Crippen LogP contribution in [0.4, 0.5) is 5.82 Å². The molecule has 0 saturated carbocycles. The lowest BCUT2D eigenvalue weighted by Gasteiger charge is -2.06. The van der Waals surface area contributed by atoms with Crippen LogP contribution in [0.25, 0.3) is 0 Å². The van der Waals surface area contributed by atoms with E-state index in [2.05, 4.69) is 14.9 Å². The summed E-state index contributed by atoms with van der Waals surface area (Å²) in [6, 6.07) is 1.73. The molecule has 0 spiro atoms. The Kier molecular flexibility index (Phi) is 4.56. The normalized spacial score (nSPS) is 12.4. The molecular formula is C11H21N3O2S. The summed E-state index contributed by atoms with van der Waals surface area (Å²) < 4.78 is 25.9. The highest BCUT2D eigenvalue weighted by Gasteiger charge is 2.13. The lowest BCUT2D eigenvalue weighted by atomic mass is 10.1. The highest BCUT2D eigenvalue weighted by atomic mass is 32.2. The van der Waals surface area contributed by atoms with Gasteiger partial charge in [0.1, 0.15) is 0 Å². The first kappa shape index (κ1) is 14.0. The number of aromatic amines is 1. The topological polar surface area (TPSA) is 74.8 Å². The van der Waals surface area contributed by atoms with Crippen molar-refractivity contribution in [2.24, 2.45) is 5.92 Å². The Morgan fingerprint density at radius 3 is 2.47 bits per heavy atom. The van der Waals surface area contributed by atoms with Crippen molar-refractivity contribution in [3.05, 3.63) is 11.8 Å². The molecule has 17 heavy (non-hydrogen) atoms. The van der Waals surface area contributed by atoms with Crippen LogP contribution in [-0.4, -0.2) is 24.4 Å². The maximum absolute atomic E-state index is 11.7. The highest BCUT2D eigenvalue weighted by Crippen LogP contribution is 2.16. The molecule has 98 valence electrons. The van der Waals surface area contributed by atoms with Crippen molar-refractivity contribution in [3.63, 3.8) is 0 Å². The van der Waals surface area contributed by atoms with Gasteiger partial charge < -0.3 is 0 Å². The van der Waals surface area contributed by atoms with Crippen LogP contribution in [0.3, 0.4) is 0 Å². The second kappa shape index (κ2) is 5.53. The van der Waals surface area contributed by atoms with Crippen molar-refractivity contribution >= 4 is 15.8 Å². The second-order valence-corrected chi connectivity index (χ2v) is 6.81. The van der Waals surface area contributed by atoms with Crippen LogP contribution in [0.1, 0.15) is 45.7 Å². The number of rotatable bonds is 6. The zero-order chi connectivity index (χ0) is 13.1. The van der Waals surface area contributed by atoms with E-state index in [-0.39, 0.29) is 5.75 Å². The van der Waals surface area contributed by atoms with E-state index in [0.29, 0.717) is 24.1 Å². The smallest absolute Gasteiger partial charge is 0.233 e. The Bertz CT molecular complexity index is 449. The molecule has 0 radical (unpaired) electrons. The summed E-state index contributed by atoms with van der Waals surface area (Å²) >= 11 is 0. The Balaban J connectivity index is 2.63. The Morgan fingerprint density at radius 1 is 1.35 bits per heavy atom. The fraction of sp³-hybridized carbons (Fsp3) is 0.727. The lowest BCUT2D eigenvalue weighted by Crippen LogP contribution is -2.18. The van der Waals surface area contributed by atoms with E-state index in [9.17, 15) is 8.42 Å². The van der Waals surface area contributed by atoms with E-state index < -0.39 is 10.0 Å². The predicted molar refractivity (Wildman–Crippen MR) is 69.5 cm³/mol. The van der Waals surface area contributed by atoms with Gasteiger partial charge in [-0.3, -0.25) is 9.82 Å². The van der Waals surface area contributed by atoms with Crippen molar-refractivity contribution in [1.82, 2.24) is 10.2 Å². The minimum absolute atomic E-state index is 0.133. The molecule has 1 rings (SSSR count). The summed E-state index contributed by atoms with van der Waals surface area (Å²) in [7, 11) is -3.27. The van der Waals surface area contributed by atoms with Crippen LogP contribution >= 0.6 is 0 Å². The molecule has 0 aliphatic heterocycles. The summed E-state index contributed by atoms with van der Waals surface area (Å²) in [6.07, 6.45) is 0.650. The maximum Gasteiger partial charge on any atom is 0.233 e. The van der Waals surface area contributed by atoms with Crippen molar-refractivity contribution < 1.29 is 8.42 Å². The van der Waals surface area contributed by atoms with Gasteiger partial charge in [0.2, 0.25) is 10.0 Å². The molecule has 1 heterocycles. The molecule has 0 aromatic carbocycles. The molecule has 0 unspecified atom stereocenters. The Labute approximate surface area is 103 Å². The lowest BCUT2D eigenvalue weighted by molar-refractivity contribution is 0.578. The first-order chi connectivity index (χ1) is 7.80. The van der Waals surface area contributed by atoms with Gasteiger partial charge in [-0.05, 0) is 18.3 Å². The molecule has 0 amide bonds. The molecule has 5 nitrogen and oxygen atoms in total. The number of hydrogen-bond acceptors (Lipinski definition) is 3. The number of sulfonamides is 1. The van der Waals surface area contributed by atoms with E-state index in [1.807, 2.05) is 27.7 Å². The Hall–Kier alpha value is -1.04. The molecule has 0 bridgehead atoms. The van der Waals surface area contributed by atoms with Crippen LogP contribution in [-0.2, 0) is 10.0 Å². The average molecular weight is 259 g/mol. The summed E-state index contributed by atoms with van der Waals surface area (Å²) in [4.78, 5) is 0. The molecule has 6 heteroatoms. The standard InChI is InChI=1S/C11H21N3O2S/c1-8(2)5-6-17(15,16)14-11-7-10(9(3)4)12-13-11/h7-9H,5-6H2,1-4H3,(H2,12,13,14). The summed E-state index contributed by atoms with van der Waals surface area (Å²) in [6.45, 7) is 8.04. The van der Waals surface area contributed by atoms with E-state index in [0.717, 1.165) is 5.69 Å². The van der Waals surface area contributed by atoms with Gasteiger partial charge in [0.05, 0.1) is 5.75 Å². The van der Waals surface area contributed by atoms with Gasteiger partial charge in [0.25, 0.3) is 0 Å². The summed E-state index contributed by atoms with van der Waals surface area (Å²) in [5.74, 6) is 1.18. The van der Waals surface area contributed by atoms with Gasteiger partial charge in [0, 0.05) is 11.8 Å².